The van der Waals surface area contributed by atoms with Gasteiger partial charge in [-0.25, -0.2) is 0 Å². The average molecular weight is 443 g/mol. The van der Waals surface area contributed by atoms with Crippen molar-refractivity contribution in [3.8, 4) is 0 Å². The number of hydrogen-bond acceptors (Lipinski definition) is 4. The summed E-state index contributed by atoms with van der Waals surface area (Å²) in [5.41, 5.74) is -0.163. The Morgan fingerprint density at radius 2 is 2.00 bits per heavy atom. The highest BCUT2D eigenvalue weighted by atomic mass is 32.2. The molecule has 0 radical (unpaired) electrons. The molecular weight excluding hydrogens is 417 g/mol. The predicted octanol–water partition coefficient (Wildman–Crippen LogP) is 3.55. The first-order valence-electron chi connectivity index (χ1n) is 9.80. The Balaban J connectivity index is 1.68. The molecule has 1 saturated carbocycles. The number of carbonyl (C=O) groups is 2. The Labute approximate surface area is 178 Å². The van der Waals surface area contributed by atoms with E-state index in [2.05, 4.69) is 5.32 Å². The van der Waals surface area contributed by atoms with Crippen LogP contribution in [0.3, 0.4) is 0 Å². The molecule has 30 heavy (non-hydrogen) atoms. The molecule has 1 aromatic rings. The fourth-order valence-electron chi connectivity index (χ4n) is 3.88. The smallest absolute Gasteiger partial charge is 0.383 e. The molecule has 2 amide bonds. The number of thioether (sulfide) groups is 1. The molecule has 1 aliphatic heterocycles. The summed E-state index contributed by atoms with van der Waals surface area (Å²) in [7, 11) is 3.30. The molecule has 5 nitrogen and oxygen atoms in total. The number of alkyl halides is 3. The number of benzene rings is 1. The van der Waals surface area contributed by atoms with Crippen molar-refractivity contribution in [1.29, 1.82) is 0 Å². The van der Waals surface area contributed by atoms with E-state index in [0.717, 1.165) is 25.0 Å². The topological polar surface area (TPSA) is 58.6 Å². The van der Waals surface area contributed by atoms with Crippen LogP contribution in [0.15, 0.2) is 29.2 Å². The van der Waals surface area contributed by atoms with Crippen molar-refractivity contribution >= 4 is 29.7 Å². The molecule has 1 heterocycles. The first-order valence-corrected chi connectivity index (χ1v) is 10.7. The Morgan fingerprint density at radius 3 is 2.63 bits per heavy atom. The van der Waals surface area contributed by atoms with Crippen LogP contribution in [0.5, 0.6) is 0 Å². The Hall–Kier alpha value is -2.00. The van der Waals surface area contributed by atoms with Crippen LogP contribution in [0.2, 0.25) is 0 Å². The van der Waals surface area contributed by atoms with Gasteiger partial charge in [-0.1, -0.05) is 12.1 Å². The molecule has 1 aliphatic carbocycles. The minimum atomic E-state index is -4.39. The van der Waals surface area contributed by atoms with E-state index in [4.69, 9.17) is 4.74 Å². The zero-order chi connectivity index (χ0) is 21.9. The lowest BCUT2D eigenvalue weighted by molar-refractivity contribution is -0.137. The Bertz CT molecular complexity index is 811. The third kappa shape index (κ3) is 5.18. The molecule has 3 atom stereocenters. The van der Waals surface area contributed by atoms with Crippen molar-refractivity contribution in [2.24, 2.45) is 5.92 Å². The monoisotopic (exact) mass is 442 g/mol. The van der Waals surface area contributed by atoms with Gasteiger partial charge >= 0.3 is 6.18 Å². The number of nitrogens with zero attached hydrogens (tertiary/aromatic N) is 1. The van der Waals surface area contributed by atoms with Gasteiger partial charge in [0.25, 0.3) is 5.91 Å². The van der Waals surface area contributed by atoms with Crippen LogP contribution in [-0.4, -0.2) is 55.3 Å². The molecule has 1 N–H and O–H groups in total. The van der Waals surface area contributed by atoms with Gasteiger partial charge in [0.15, 0.2) is 0 Å². The van der Waals surface area contributed by atoms with Crippen LogP contribution in [-0.2, 0) is 20.5 Å². The minimum absolute atomic E-state index is 0.0116. The van der Waals surface area contributed by atoms with Crippen molar-refractivity contribution in [1.82, 2.24) is 10.2 Å². The van der Waals surface area contributed by atoms with Gasteiger partial charge < -0.3 is 15.0 Å². The van der Waals surface area contributed by atoms with Crippen molar-refractivity contribution in [3.63, 3.8) is 0 Å². The lowest BCUT2D eigenvalue weighted by Crippen LogP contribution is -2.52. The van der Waals surface area contributed by atoms with Crippen molar-refractivity contribution in [3.05, 3.63) is 40.3 Å². The van der Waals surface area contributed by atoms with E-state index < -0.39 is 11.7 Å². The highest BCUT2D eigenvalue weighted by molar-refractivity contribution is 8.04. The van der Waals surface area contributed by atoms with E-state index >= 15 is 0 Å². The van der Waals surface area contributed by atoms with Crippen LogP contribution in [0.4, 0.5) is 13.2 Å². The van der Waals surface area contributed by atoms with Crippen LogP contribution in [0.25, 0.3) is 6.08 Å². The maximum Gasteiger partial charge on any atom is 0.416 e. The highest BCUT2D eigenvalue weighted by Crippen LogP contribution is 2.43. The normalized spacial score (nSPS) is 25.9. The SMILES string of the molecule is COCCNC(=O)C1CCC2S/C(=C\c3ccc(C(F)(F)F)cc3)C(=O)N(C)C2C1. The predicted molar refractivity (Wildman–Crippen MR) is 110 cm³/mol. The number of carbonyl (C=O) groups excluding carboxylic acids is 2. The number of methoxy groups -OCH3 is 1. The third-order valence-electron chi connectivity index (χ3n) is 5.57. The first-order chi connectivity index (χ1) is 14.2. The second-order valence-electron chi connectivity index (χ2n) is 7.56. The highest BCUT2D eigenvalue weighted by Gasteiger charge is 2.42. The van der Waals surface area contributed by atoms with Gasteiger partial charge in [0.05, 0.1) is 17.1 Å². The fraction of sp³-hybridized carbons (Fsp3) is 0.524. The maximum absolute atomic E-state index is 12.8. The van der Waals surface area contributed by atoms with Gasteiger partial charge in [0, 0.05) is 37.9 Å². The van der Waals surface area contributed by atoms with Gasteiger partial charge in [0.2, 0.25) is 5.91 Å². The number of halogens is 3. The van der Waals surface area contributed by atoms with E-state index in [9.17, 15) is 22.8 Å². The number of nitrogens with one attached hydrogen (secondary N) is 1. The molecule has 9 heteroatoms. The molecule has 3 unspecified atom stereocenters. The number of amides is 2. The second-order valence-corrected chi connectivity index (χ2v) is 8.84. The van der Waals surface area contributed by atoms with Crippen LogP contribution < -0.4 is 5.32 Å². The zero-order valence-electron chi connectivity index (χ0n) is 16.9. The zero-order valence-corrected chi connectivity index (χ0v) is 17.7. The summed E-state index contributed by atoms with van der Waals surface area (Å²) in [6.45, 7) is 0.917. The summed E-state index contributed by atoms with van der Waals surface area (Å²) in [6, 6.07) is 4.74. The minimum Gasteiger partial charge on any atom is -0.383 e. The summed E-state index contributed by atoms with van der Waals surface area (Å²) >= 11 is 1.46. The van der Waals surface area contributed by atoms with Gasteiger partial charge in [-0.15, -0.1) is 11.8 Å². The number of ether oxygens (including phenoxy) is 1. The third-order valence-corrected chi connectivity index (χ3v) is 6.97. The van der Waals surface area contributed by atoms with E-state index in [1.54, 1.807) is 25.1 Å². The summed E-state index contributed by atoms with van der Waals surface area (Å²) in [5.74, 6) is -0.316. The van der Waals surface area contributed by atoms with E-state index in [1.165, 1.54) is 23.9 Å². The number of hydrogen-bond donors (Lipinski definition) is 1. The molecule has 164 valence electrons. The lowest BCUT2D eigenvalue weighted by atomic mass is 9.83. The fourth-order valence-corrected chi connectivity index (χ4v) is 5.36. The number of likely N-dealkylation sites (N-methyl/N-ethyl adjacent to an activating group) is 1. The quantitative estimate of drug-likeness (QED) is 0.560. The molecular formula is C21H25F3N2O3S. The molecule has 1 saturated heterocycles. The van der Waals surface area contributed by atoms with Crippen molar-refractivity contribution in [2.45, 2.75) is 36.7 Å². The first kappa shape index (κ1) is 22.7. The standard InChI is InChI=1S/C21H25F3N2O3S/c1-26-16-12-14(19(27)25-9-10-29-2)5-8-17(16)30-18(20(26)28)11-13-3-6-15(7-4-13)21(22,23)24/h3-4,6-7,11,14,16-17H,5,8-10,12H2,1-2H3,(H,25,27)/b18-11-. The molecule has 0 bridgehead atoms. The van der Waals surface area contributed by atoms with Crippen LogP contribution in [0, 0.1) is 5.92 Å². The van der Waals surface area contributed by atoms with Crippen molar-refractivity contribution in [2.75, 3.05) is 27.3 Å². The number of fused-ring (bicyclic) bond motifs is 1. The van der Waals surface area contributed by atoms with E-state index in [0.29, 0.717) is 30.0 Å². The summed E-state index contributed by atoms with van der Waals surface area (Å²) < 4.78 is 43.2. The summed E-state index contributed by atoms with van der Waals surface area (Å²) in [5, 5.41) is 3.03. The molecule has 0 aromatic heterocycles. The van der Waals surface area contributed by atoms with Gasteiger partial charge in [-0.05, 0) is 43.0 Å². The second kappa shape index (κ2) is 9.43. The van der Waals surface area contributed by atoms with Crippen LogP contribution in [0.1, 0.15) is 30.4 Å². The molecule has 2 aliphatic rings. The Morgan fingerprint density at radius 1 is 1.30 bits per heavy atom. The van der Waals surface area contributed by atoms with Gasteiger partial charge in [-0.2, -0.15) is 13.2 Å². The summed E-state index contributed by atoms with van der Waals surface area (Å²) in [6.07, 6.45) is -0.610. The lowest BCUT2D eigenvalue weighted by Gasteiger charge is -2.44. The average Bonchev–Trinajstić information content (AvgIpc) is 2.71. The Kier molecular flexibility index (Phi) is 7.13. The molecule has 3 rings (SSSR count). The molecule has 0 spiro atoms. The number of rotatable bonds is 5. The van der Waals surface area contributed by atoms with Gasteiger partial charge in [0.1, 0.15) is 0 Å². The van der Waals surface area contributed by atoms with E-state index in [1.807, 2.05) is 0 Å². The van der Waals surface area contributed by atoms with E-state index in [-0.39, 0.29) is 29.0 Å². The van der Waals surface area contributed by atoms with Crippen molar-refractivity contribution < 1.29 is 27.5 Å². The maximum atomic E-state index is 12.8. The molecule has 2 fully saturated rings. The van der Waals surface area contributed by atoms with Gasteiger partial charge in [-0.3, -0.25) is 9.59 Å². The molecule has 1 aromatic carbocycles. The van der Waals surface area contributed by atoms with Crippen LogP contribution >= 0.6 is 11.8 Å². The summed E-state index contributed by atoms with van der Waals surface area (Å²) in [4.78, 5) is 27.4. The largest absolute Gasteiger partial charge is 0.416 e.